The molecule has 0 N–H and O–H groups in total. The number of hydrogen-bond acceptors (Lipinski definition) is 0. The van der Waals surface area contributed by atoms with Crippen molar-refractivity contribution in [3.63, 3.8) is 0 Å². The van der Waals surface area contributed by atoms with Crippen LogP contribution < -0.4 is 0 Å². The van der Waals surface area contributed by atoms with Gasteiger partial charge in [0.05, 0.1) is 0 Å². The van der Waals surface area contributed by atoms with Crippen molar-refractivity contribution in [1.29, 1.82) is 0 Å². The zero-order valence-electron chi connectivity index (χ0n) is 10.5. The maximum absolute atomic E-state index is 13.1. The molecule has 0 aromatic heterocycles. The molecular weight excluding hydrogens is 362 g/mol. The summed E-state index contributed by atoms with van der Waals surface area (Å²) in [5.74, 6) is -0.196. The standard InChI is InChI=1S/C18H10FI/c19-13-9-7-12(8-10-13)17-14-5-1-3-11-4-2-6-15(16(11)14)18(17)20/h1-10H. The summed E-state index contributed by atoms with van der Waals surface area (Å²) in [4.78, 5) is 0. The van der Waals surface area contributed by atoms with Crippen LogP contribution >= 0.6 is 22.6 Å². The molecule has 1 aliphatic rings. The second kappa shape index (κ2) is 4.42. The van der Waals surface area contributed by atoms with Crippen LogP contribution in [-0.4, -0.2) is 0 Å². The first-order valence-corrected chi connectivity index (χ1v) is 7.52. The molecular formula is C18H10FI. The van der Waals surface area contributed by atoms with Crippen LogP contribution in [0.3, 0.4) is 0 Å². The SMILES string of the molecule is Fc1ccc(C2=C(I)c3cccc4cccc2c34)cc1. The van der Waals surface area contributed by atoms with Crippen LogP contribution in [-0.2, 0) is 0 Å². The lowest BCUT2D eigenvalue weighted by Crippen LogP contribution is -1.86. The van der Waals surface area contributed by atoms with Gasteiger partial charge in [-0.2, -0.15) is 0 Å². The Hall–Kier alpha value is -1.68. The summed E-state index contributed by atoms with van der Waals surface area (Å²) in [5.41, 5.74) is 4.80. The molecule has 0 saturated heterocycles. The van der Waals surface area contributed by atoms with Crippen LogP contribution in [0.4, 0.5) is 4.39 Å². The molecule has 0 saturated carbocycles. The van der Waals surface area contributed by atoms with E-state index in [1.54, 1.807) is 0 Å². The molecule has 0 nitrogen and oxygen atoms in total. The molecule has 0 radical (unpaired) electrons. The molecule has 20 heavy (non-hydrogen) atoms. The third kappa shape index (κ3) is 1.64. The molecule has 0 aliphatic heterocycles. The van der Waals surface area contributed by atoms with Gasteiger partial charge >= 0.3 is 0 Å². The number of hydrogen-bond donors (Lipinski definition) is 0. The molecule has 0 fully saturated rings. The minimum atomic E-state index is -0.196. The lowest BCUT2D eigenvalue weighted by molar-refractivity contribution is 0.627. The number of rotatable bonds is 1. The first-order chi connectivity index (χ1) is 9.75. The third-order valence-corrected chi connectivity index (χ3v) is 4.88. The fourth-order valence-electron chi connectivity index (χ4n) is 2.88. The molecule has 0 heterocycles. The Balaban J connectivity index is 2.05. The van der Waals surface area contributed by atoms with Gasteiger partial charge in [-0.15, -0.1) is 0 Å². The van der Waals surface area contributed by atoms with E-state index in [0.29, 0.717) is 0 Å². The monoisotopic (exact) mass is 372 g/mol. The van der Waals surface area contributed by atoms with Crippen LogP contribution in [0.5, 0.6) is 0 Å². The summed E-state index contributed by atoms with van der Waals surface area (Å²) in [7, 11) is 0. The summed E-state index contributed by atoms with van der Waals surface area (Å²) < 4.78 is 14.4. The minimum absolute atomic E-state index is 0.196. The smallest absolute Gasteiger partial charge is 0.123 e. The molecule has 3 aromatic carbocycles. The van der Waals surface area contributed by atoms with Crippen molar-refractivity contribution in [2.24, 2.45) is 0 Å². The summed E-state index contributed by atoms with van der Waals surface area (Å²) in [6.07, 6.45) is 0. The molecule has 0 unspecified atom stereocenters. The lowest BCUT2D eigenvalue weighted by Gasteiger charge is -2.06. The van der Waals surface area contributed by atoms with Gasteiger partial charge in [0.2, 0.25) is 0 Å². The predicted octanol–water partition coefficient (Wildman–Crippen LogP) is 5.64. The van der Waals surface area contributed by atoms with Crippen molar-refractivity contribution in [3.05, 3.63) is 83.2 Å². The quantitative estimate of drug-likeness (QED) is 0.485. The molecule has 0 atom stereocenters. The topological polar surface area (TPSA) is 0 Å². The number of benzene rings is 3. The predicted molar refractivity (Wildman–Crippen MR) is 90.3 cm³/mol. The van der Waals surface area contributed by atoms with Gasteiger partial charge in [-0.05, 0) is 62.2 Å². The van der Waals surface area contributed by atoms with Gasteiger partial charge in [0.1, 0.15) is 5.82 Å². The molecule has 0 spiro atoms. The lowest BCUT2D eigenvalue weighted by atomic mass is 9.98. The van der Waals surface area contributed by atoms with E-state index in [1.807, 2.05) is 12.1 Å². The van der Waals surface area contributed by atoms with Crippen LogP contribution in [0, 0.1) is 5.82 Å². The average Bonchev–Trinajstić information content (AvgIpc) is 2.76. The van der Waals surface area contributed by atoms with E-state index in [0.717, 1.165) is 5.56 Å². The maximum Gasteiger partial charge on any atom is 0.123 e. The summed E-state index contributed by atoms with van der Waals surface area (Å²) in [6, 6.07) is 19.5. The van der Waals surface area contributed by atoms with Crippen LogP contribution in [0.1, 0.15) is 16.7 Å². The van der Waals surface area contributed by atoms with Crippen molar-refractivity contribution in [1.82, 2.24) is 0 Å². The van der Waals surface area contributed by atoms with Crippen molar-refractivity contribution in [2.45, 2.75) is 0 Å². The van der Waals surface area contributed by atoms with Crippen molar-refractivity contribution < 1.29 is 4.39 Å². The van der Waals surface area contributed by atoms with Gasteiger partial charge < -0.3 is 0 Å². The summed E-state index contributed by atoms with van der Waals surface area (Å²) in [6.45, 7) is 0. The van der Waals surface area contributed by atoms with E-state index in [4.69, 9.17) is 0 Å². The zero-order valence-corrected chi connectivity index (χ0v) is 12.7. The average molecular weight is 372 g/mol. The molecule has 2 heteroatoms. The molecule has 0 bridgehead atoms. The van der Waals surface area contributed by atoms with Gasteiger partial charge in [0.25, 0.3) is 0 Å². The molecule has 96 valence electrons. The van der Waals surface area contributed by atoms with E-state index in [1.165, 1.54) is 43.2 Å². The maximum atomic E-state index is 13.1. The second-order valence-corrected chi connectivity index (χ2v) is 5.98. The zero-order chi connectivity index (χ0) is 13.7. The van der Waals surface area contributed by atoms with E-state index in [9.17, 15) is 4.39 Å². The normalized spacial score (nSPS) is 13.3. The first-order valence-electron chi connectivity index (χ1n) is 6.44. The minimum Gasteiger partial charge on any atom is -0.207 e. The van der Waals surface area contributed by atoms with Gasteiger partial charge in [-0.25, -0.2) is 4.39 Å². The Morgan fingerprint density at radius 1 is 0.750 bits per heavy atom. The van der Waals surface area contributed by atoms with Gasteiger partial charge in [0.15, 0.2) is 0 Å². The van der Waals surface area contributed by atoms with Crippen molar-refractivity contribution >= 4 is 42.5 Å². The van der Waals surface area contributed by atoms with Crippen molar-refractivity contribution in [3.8, 4) is 0 Å². The Labute approximate surface area is 130 Å². The van der Waals surface area contributed by atoms with Gasteiger partial charge in [-0.3, -0.25) is 0 Å². The Kier molecular flexibility index (Phi) is 2.67. The summed E-state index contributed by atoms with van der Waals surface area (Å²) in [5, 5.41) is 2.56. The third-order valence-electron chi connectivity index (χ3n) is 3.76. The van der Waals surface area contributed by atoms with Crippen LogP contribution in [0.25, 0.3) is 19.9 Å². The fraction of sp³-hybridized carbons (Fsp3) is 0. The van der Waals surface area contributed by atoms with E-state index >= 15 is 0 Å². The van der Waals surface area contributed by atoms with Crippen molar-refractivity contribution in [2.75, 3.05) is 0 Å². The highest BCUT2D eigenvalue weighted by Gasteiger charge is 2.23. The molecule has 1 aliphatic carbocycles. The number of halogens is 2. The summed E-state index contributed by atoms with van der Waals surface area (Å²) >= 11 is 2.40. The van der Waals surface area contributed by atoms with Crippen LogP contribution in [0.15, 0.2) is 60.7 Å². The molecule has 0 amide bonds. The van der Waals surface area contributed by atoms with Gasteiger partial charge in [-0.1, -0.05) is 48.5 Å². The second-order valence-electron chi connectivity index (χ2n) is 4.91. The Bertz CT molecular complexity index is 855. The van der Waals surface area contributed by atoms with Gasteiger partial charge in [0, 0.05) is 9.15 Å². The Morgan fingerprint density at radius 3 is 2.10 bits per heavy atom. The highest BCUT2D eigenvalue weighted by atomic mass is 127. The van der Waals surface area contributed by atoms with E-state index < -0.39 is 0 Å². The highest BCUT2D eigenvalue weighted by molar-refractivity contribution is 14.1. The Morgan fingerprint density at radius 2 is 1.40 bits per heavy atom. The fourth-order valence-corrected chi connectivity index (χ4v) is 3.94. The molecule has 4 rings (SSSR count). The highest BCUT2D eigenvalue weighted by Crippen LogP contribution is 2.47. The molecule has 3 aromatic rings. The van der Waals surface area contributed by atoms with E-state index in [-0.39, 0.29) is 5.82 Å². The largest absolute Gasteiger partial charge is 0.207 e. The first kappa shape index (κ1) is 12.1. The van der Waals surface area contributed by atoms with Crippen LogP contribution in [0.2, 0.25) is 0 Å². The van der Waals surface area contributed by atoms with E-state index in [2.05, 4.69) is 59.0 Å².